The number of nitrogen functional groups attached to an aromatic ring is 1. The number of nitrogens with zero attached hydrogens (tertiary/aromatic N) is 4. The smallest absolute Gasteiger partial charge is 0.526 e. The van der Waals surface area contributed by atoms with Crippen molar-refractivity contribution in [3.63, 3.8) is 0 Å². The number of rotatable bonds is 13. The number of Topliss-reactive ketones (excluding diaryl/α,β-unsaturated/α-hetero) is 1. The molecule has 6 N–H and O–H groups in total. The number of aromatic nitrogens is 2. The molecule has 21 heteroatoms. The van der Waals surface area contributed by atoms with E-state index in [0.717, 1.165) is 11.3 Å². The van der Waals surface area contributed by atoms with Crippen molar-refractivity contribution in [1.29, 1.82) is 0 Å². The predicted molar refractivity (Wildman–Crippen MR) is 188 cm³/mol. The van der Waals surface area contributed by atoms with E-state index in [9.17, 15) is 34.1 Å². The number of para-hydroxylation sites is 1. The molecule has 0 saturated carbocycles. The summed E-state index contributed by atoms with van der Waals surface area (Å²) in [7, 11) is -1.43. The number of thiazole rings is 2. The third kappa shape index (κ3) is 11.6. The molecule has 0 bridgehead atoms. The number of carbonyl (C=O) groups is 5. The van der Waals surface area contributed by atoms with Crippen LogP contribution in [-0.2, 0) is 40.0 Å². The van der Waals surface area contributed by atoms with E-state index >= 15 is 0 Å². The molecule has 0 aliphatic carbocycles. The van der Waals surface area contributed by atoms with Crippen molar-refractivity contribution in [2.24, 2.45) is 10.3 Å². The number of aryl methyl sites for hydroxylation is 1. The molecule has 0 amide bonds. The highest BCUT2D eigenvalue weighted by atomic mass is 32.1. The Balaban J connectivity index is 0.000000304. The maximum Gasteiger partial charge on any atom is 0.526 e. The van der Waals surface area contributed by atoms with Gasteiger partial charge in [-0.25, -0.2) is 29.1 Å². The monoisotopic (exact) mass is 761 g/mol. The Labute approximate surface area is 305 Å². The van der Waals surface area contributed by atoms with Crippen LogP contribution in [0.1, 0.15) is 73.4 Å². The van der Waals surface area contributed by atoms with E-state index in [4.69, 9.17) is 35.0 Å². The van der Waals surface area contributed by atoms with Crippen LogP contribution in [0, 0.1) is 6.92 Å². The van der Waals surface area contributed by atoms with E-state index in [-0.39, 0.29) is 52.1 Å². The number of ether oxygens (including phenoxy) is 1. The summed E-state index contributed by atoms with van der Waals surface area (Å²) >= 11 is 2.36. The number of nitrogens with two attached hydrogens (primary N) is 1. The molecule has 2 unspecified atom stereocenters. The van der Waals surface area contributed by atoms with Crippen molar-refractivity contribution >= 4 is 76.0 Å². The fourth-order valence-electron chi connectivity index (χ4n) is 4.20. The minimum absolute atomic E-state index is 0.0611. The van der Waals surface area contributed by atoms with Gasteiger partial charge in [-0.3, -0.25) is 4.79 Å². The highest BCUT2D eigenvalue weighted by molar-refractivity contribution is 7.13. The van der Waals surface area contributed by atoms with Crippen molar-refractivity contribution in [3.8, 4) is 5.75 Å². The standard InChI is InChI=1S/C18H18BN3O8S.C13H18N2O5S/c1-8(16(24)25)30-22-14(12-7-31-18(20)21-12)13(23)6-10-5-9-3-2-4-11(17(26)27)15(9)29-19(10)28;1-7(12(18)19-13(3,4)5)20-15-10(11(16)17)9-6-21-8(2)14-9/h2-4,7-8,10,28H,5-6H2,1H3,(H2,20,21)(H,24,25)(H,26,27);6-7H,1-5H3,(H,16,17)/b22-14-;15-10-/t8?,10-;/m1./s1. The summed E-state index contributed by atoms with van der Waals surface area (Å²) in [5, 5.41) is 48.8. The van der Waals surface area contributed by atoms with Crippen molar-refractivity contribution in [2.45, 2.75) is 78.0 Å². The third-order valence-electron chi connectivity index (χ3n) is 6.68. The second kappa shape index (κ2) is 17.7. The molecule has 1 aliphatic rings. The molecule has 1 aliphatic heterocycles. The Bertz CT molecular complexity index is 1870. The molecule has 2 aromatic heterocycles. The third-order valence-corrected chi connectivity index (χ3v) is 8.13. The molecule has 52 heavy (non-hydrogen) atoms. The van der Waals surface area contributed by atoms with Gasteiger partial charge in [-0.2, -0.15) is 0 Å². The first-order valence-corrected chi connectivity index (χ1v) is 17.1. The Hall–Kier alpha value is -5.41. The predicted octanol–water partition coefficient (Wildman–Crippen LogP) is 3.05. The zero-order valence-electron chi connectivity index (χ0n) is 28.8. The van der Waals surface area contributed by atoms with Crippen LogP contribution >= 0.6 is 22.7 Å². The zero-order valence-corrected chi connectivity index (χ0v) is 30.4. The second-order valence-electron chi connectivity index (χ2n) is 12.1. The van der Waals surface area contributed by atoms with Crippen LogP contribution in [0.5, 0.6) is 5.75 Å². The van der Waals surface area contributed by atoms with Gasteiger partial charge in [-0.1, -0.05) is 22.4 Å². The lowest BCUT2D eigenvalue weighted by molar-refractivity contribution is -0.167. The number of carboxylic acids is 3. The van der Waals surface area contributed by atoms with Crippen molar-refractivity contribution in [3.05, 3.63) is 56.5 Å². The summed E-state index contributed by atoms with van der Waals surface area (Å²) in [5.41, 5.74) is 5.14. The lowest BCUT2D eigenvalue weighted by Crippen LogP contribution is -2.37. The van der Waals surface area contributed by atoms with Gasteiger partial charge in [0, 0.05) is 23.0 Å². The maximum absolute atomic E-state index is 12.9. The molecule has 3 aromatic rings. The van der Waals surface area contributed by atoms with Crippen LogP contribution in [0.4, 0.5) is 5.13 Å². The molecule has 3 atom stereocenters. The van der Waals surface area contributed by atoms with Crippen LogP contribution in [0.3, 0.4) is 0 Å². The highest BCUT2D eigenvalue weighted by Crippen LogP contribution is 2.36. The van der Waals surface area contributed by atoms with Gasteiger partial charge in [0.2, 0.25) is 17.9 Å². The molecule has 0 fully saturated rings. The van der Waals surface area contributed by atoms with Crippen molar-refractivity contribution in [2.75, 3.05) is 5.73 Å². The van der Waals surface area contributed by atoms with Gasteiger partial charge in [-0.15, -0.1) is 22.7 Å². The summed E-state index contributed by atoms with van der Waals surface area (Å²) < 4.78 is 10.5. The quantitative estimate of drug-likeness (QED) is 0.0724. The molecule has 0 saturated heterocycles. The van der Waals surface area contributed by atoms with E-state index in [1.807, 2.05) is 0 Å². The number of fused-ring (bicyclic) bond motifs is 1. The summed E-state index contributed by atoms with van der Waals surface area (Å²) in [4.78, 5) is 76.0. The van der Waals surface area contributed by atoms with Crippen LogP contribution in [-0.4, -0.2) is 96.3 Å². The number of esters is 1. The van der Waals surface area contributed by atoms with E-state index in [1.165, 1.54) is 36.6 Å². The molecule has 0 radical (unpaired) electrons. The van der Waals surface area contributed by atoms with E-state index in [2.05, 4.69) is 20.3 Å². The molecule has 3 heterocycles. The van der Waals surface area contributed by atoms with Crippen LogP contribution in [0.25, 0.3) is 0 Å². The molecule has 4 rings (SSSR count). The van der Waals surface area contributed by atoms with E-state index in [1.54, 1.807) is 45.2 Å². The SMILES string of the molecule is CC(O/N=C(\C(=O)C[C@H]1Cc2cccc(C(=O)O)c2OB1O)c1csc(N)n1)C(=O)O.Cc1nc(/C(=N/OC(C)C(=O)OC(C)(C)C)C(=O)O)cs1. The van der Waals surface area contributed by atoms with Gasteiger partial charge in [0.15, 0.2) is 16.6 Å². The number of carboxylic acid groups (broad SMARTS) is 3. The Morgan fingerprint density at radius 1 is 1.00 bits per heavy atom. The summed E-state index contributed by atoms with van der Waals surface area (Å²) in [6, 6.07) is 4.56. The van der Waals surface area contributed by atoms with Gasteiger partial charge in [0.05, 0.1) is 10.6 Å². The van der Waals surface area contributed by atoms with Gasteiger partial charge in [0.25, 0.3) is 0 Å². The molecular formula is C31H36BN5O13S2. The number of oxime groups is 2. The first kappa shape index (κ1) is 41.0. The average Bonchev–Trinajstić information content (AvgIpc) is 3.68. The van der Waals surface area contributed by atoms with Gasteiger partial charge >= 0.3 is 31.0 Å². The average molecular weight is 762 g/mol. The Morgan fingerprint density at radius 3 is 2.15 bits per heavy atom. The number of hydrogen-bond acceptors (Lipinski definition) is 17. The summed E-state index contributed by atoms with van der Waals surface area (Å²) in [5.74, 6) is -5.59. The molecule has 278 valence electrons. The van der Waals surface area contributed by atoms with Crippen LogP contribution in [0.2, 0.25) is 5.82 Å². The van der Waals surface area contributed by atoms with E-state index in [0.29, 0.717) is 10.6 Å². The van der Waals surface area contributed by atoms with Gasteiger partial charge in [-0.05, 0) is 59.6 Å². The Kier molecular flexibility index (Phi) is 14.0. The number of hydrogen-bond donors (Lipinski definition) is 5. The largest absolute Gasteiger partial charge is 0.535 e. The fourth-order valence-corrected chi connectivity index (χ4v) is 5.35. The first-order valence-electron chi connectivity index (χ1n) is 15.3. The number of anilines is 1. The molecule has 18 nitrogen and oxygen atoms in total. The van der Waals surface area contributed by atoms with Gasteiger partial charge < -0.3 is 45.1 Å². The van der Waals surface area contributed by atoms with Crippen LogP contribution in [0.15, 0.2) is 39.3 Å². The topological polar surface area (TPSA) is 280 Å². The molecular weight excluding hydrogens is 725 g/mol. The van der Waals surface area contributed by atoms with Crippen molar-refractivity contribution in [1.82, 2.24) is 9.97 Å². The molecule has 0 spiro atoms. The first-order chi connectivity index (χ1) is 24.3. The van der Waals surface area contributed by atoms with Gasteiger partial charge in [0.1, 0.15) is 22.7 Å². The number of benzene rings is 1. The lowest BCUT2D eigenvalue weighted by atomic mass is 9.64. The maximum atomic E-state index is 12.9. The Morgan fingerprint density at radius 2 is 1.62 bits per heavy atom. The fraction of sp³-hybridized carbons (Fsp3) is 0.387. The normalized spacial score (nSPS) is 15.5. The zero-order chi connectivity index (χ0) is 38.9. The highest BCUT2D eigenvalue weighted by Gasteiger charge is 2.39. The summed E-state index contributed by atoms with van der Waals surface area (Å²) in [6.45, 7) is 9.60. The van der Waals surface area contributed by atoms with E-state index < -0.39 is 60.4 Å². The molecule has 1 aromatic carbocycles. The number of ketones is 1. The lowest BCUT2D eigenvalue weighted by Gasteiger charge is -2.28. The number of aromatic carboxylic acids is 1. The van der Waals surface area contributed by atoms with Crippen molar-refractivity contribution < 1.29 is 63.4 Å². The number of aliphatic carboxylic acids is 2. The minimum atomic E-state index is -1.43. The second-order valence-corrected chi connectivity index (χ2v) is 14.0. The minimum Gasteiger partial charge on any atom is -0.535 e. The summed E-state index contributed by atoms with van der Waals surface area (Å²) in [6.07, 6.45) is -2.37. The number of carbonyl (C=O) groups excluding carboxylic acids is 2. The van der Waals surface area contributed by atoms with Crippen LogP contribution < -0.4 is 10.4 Å².